The van der Waals surface area contributed by atoms with Crippen LogP contribution >= 0.6 is 11.8 Å². The number of likely N-dealkylation sites (tertiary alicyclic amines) is 1. The Labute approximate surface area is 105 Å². The van der Waals surface area contributed by atoms with Crippen LogP contribution in [0.15, 0.2) is 0 Å². The second-order valence-corrected chi connectivity index (χ2v) is 5.52. The minimum Gasteiger partial charge on any atom is -0.313 e. The fraction of sp³-hybridized carbons (Fsp3) is 1.00. The molecule has 1 heterocycles. The molecule has 1 fully saturated rings. The third kappa shape index (κ3) is 7.16. The molecule has 102 valence electrons. The van der Waals surface area contributed by atoms with E-state index in [4.69, 9.17) is 0 Å². The molecular formula is C11H21F3N2S. The van der Waals surface area contributed by atoms with Crippen molar-refractivity contribution in [1.82, 2.24) is 10.2 Å². The number of nitrogens with one attached hydrogen (secondary N) is 1. The molecule has 1 aliphatic heterocycles. The molecule has 0 aromatic carbocycles. The highest BCUT2D eigenvalue weighted by Crippen LogP contribution is 2.29. The Hall–Kier alpha value is 0.0600. The molecule has 0 atom stereocenters. The average molecular weight is 270 g/mol. The predicted octanol–water partition coefficient (Wildman–Crippen LogP) is 2.70. The van der Waals surface area contributed by atoms with Crippen molar-refractivity contribution >= 4 is 11.8 Å². The Bertz CT molecular complexity index is 203. The van der Waals surface area contributed by atoms with Gasteiger partial charge in [-0.05, 0) is 50.7 Å². The number of hydrogen-bond acceptors (Lipinski definition) is 3. The molecule has 1 N–H and O–H groups in total. The van der Waals surface area contributed by atoms with Gasteiger partial charge in [0.15, 0.2) is 0 Å². The van der Waals surface area contributed by atoms with Crippen LogP contribution < -0.4 is 5.32 Å². The van der Waals surface area contributed by atoms with Gasteiger partial charge in [-0.1, -0.05) is 6.92 Å². The molecule has 0 unspecified atom stereocenters. The van der Waals surface area contributed by atoms with Crippen molar-refractivity contribution < 1.29 is 13.2 Å². The average Bonchev–Trinajstić information content (AvgIpc) is 2.26. The molecule has 0 aromatic heterocycles. The molecule has 0 saturated carbocycles. The molecule has 0 aromatic rings. The minimum absolute atomic E-state index is 0.0579. The molecule has 1 aliphatic rings. The van der Waals surface area contributed by atoms with Crippen molar-refractivity contribution in [3.8, 4) is 0 Å². The Kier molecular flexibility index (Phi) is 6.66. The van der Waals surface area contributed by atoms with E-state index in [2.05, 4.69) is 17.1 Å². The Morgan fingerprint density at radius 1 is 1.29 bits per heavy atom. The first-order chi connectivity index (χ1) is 8.01. The summed E-state index contributed by atoms with van der Waals surface area (Å²) in [6.07, 6.45) is 3.27. The van der Waals surface area contributed by atoms with Crippen molar-refractivity contribution in [3.63, 3.8) is 0 Å². The van der Waals surface area contributed by atoms with Crippen molar-refractivity contribution in [2.24, 2.45) is 0 Å². The van der Waals surface area contributed by atoms with Crippen molar-refractivity contribution in [1.29, 1.82) is 0 Å². The van der Waals surface area contributed by atoms with E-state index in [-0.39, 0.29) is 17.5 Å². The van der Waals surface area contributed by atoms with Gasteiger partial charge in [-0.2, -0.15) is 13.2 Å². The van der Waals surface area contributed by atoms with E-state index in [9.17, 15) is 13.2 Å². The van der Waals surface area contributed by atoms with Crippen molar-refractivity contribution in [2.45, 2.75) is 37.7 Å². The second-order valence-electron chi connectivity index (χ2n) is 4.36. The van der Waals surface area contributed by atoms with Crippen LogP contribution in [0.25, 0.3) is 0 Å². The topological polar surface area (TPSA) is 15.3 Å². The third-order valence-corrected chi connectivity index (χ3v) is 3.66. The predicted molar refractivity (Wildman–Crippen MR) is 66.3 cm³/mol. The van der Waals surface area contributed by atoms with Gasteiger partial charge in [0.05, 0.1) is 0 Å². The Morgan fingerprint density at radius 2 is 1.94 bits per heavy atom. The van der Waals surface area contributed by atoms with Crippen LogP contribution in [0.2, 0.25) is 0 Å². The number of nitrogens with zero attached hydrogens (tertiary/aromatic N) is 1. The van der Waals surface area contributed by atoms with Crippen LogP contribution in [-0.2, 0) is 0 Å². The summed E-state index contributed by atoms with van der Waals surface area (Å²) in [5, 5.41) is 3.21. The summed E-state index contributed by atoms with van der Waals surface area (Å²) in [6.45, 7) is 5.88. The number of halogens is 3. The van der Waals surface area contributed by atoms with E-state index >= 15 is 0 Å². The lowest BCUT2D eigenvalue weighted by molar-refractivity contribution is -0.0327. The van der Waals surface area contributed by atoms with Crippen LogP contribution in [0, 0.1) is 0 Å². The van der Waals surface area contributed by atoms with Gasteiger partial charge in [0.1, 0.15) is 0 Å². The van der Waals surface area contributed by atoms with E-state index in [1.807, 2.05) is 0 Å². The number of piperidine rings is 1. The third-order valence-electron chi connectivity index (χ3n) is 2.93. The molecule has 0 amide bonds. The largest absolute Gasteiger partial charge is 0.441 e. The number of alkyl halides is 3. The van der Waals surface area contributed by atoms with E-state index in [1.54, 1.807) is 0 Å². The minimum atomic E-state index is -4.09. The lowest BCUT2D eigenvalue weighted by Crippen LogP contribution is -2.43. The smallest absolute Gasteiger partial charge is 0.313 e. The van der Waals surface area contributed by atoms with Crippen LogP contribution in [0.5, 0.6) is 0 Å². The van der Waals surface area contributed by atoms with Gasteiger partial charge < -0.3 is 10.2 Å². The highest BCUT2D eigenvalue weighted by atomic mass is 32.2. The highest BCUT2D eigenvalue weighted by Gasteiger charge is 2.27. The maximum Gasteiger partial charge on any atom is 0.441 e. The SMILES string of the molecule is CCCN1CCC(NCCSC(F)(F)F)CC1. The lowest BCUT2D eigenvalue weighted by Gasteiger charge is -2.32. The summed E-state index contributed by atoms with van der Waals surface area (Å²) in [6, 6.07) is 0.400. The molecule has 17 heavy (non-hydrogen) atoms. The highest BCUT2D eigenvalue weighted by molar-refractivity contribution is 8.00. The quantitative estimate of drug-likeness (QED) is 0.747. The zero-order valence-electron chi connectivity index (χ0n) is 10.2. The first-order valence-corrected chi connectivity index (χ1v) is 7.16. The molecule has 0 bridgehead atoms. The van der Waals surface area contributed by atoms with Gasteiger partial charge in [0.25, 0.3) is 0 Å². The molecule has 0 aliphatic carbocycles. The van der Waals surface area contributed by atoms with Gasteiger partial charge in [-0.15, -0.1) is 0 Å². The number of rotatable bonds is 6. The van der Waals surface area contributed by atoms with Gasteiger partial charge in [0.2, 0.25) is 0 Å². The molecule has 1 rings (SSSR count). The maximum absolute atomic E-state index is 11.9. The summed E-state index contributed by atoms with van der Waals surface area (Å²) in [5.74, 6) is 0.110. The van der Waals surface area contributed by atoms with Crippen molar-refractivity contribution in [3.05, 3.63) is 0 Å². The molecule has 2 nitrogen and oxygen atoms in total. The van der Waals surface area contributed by atoms with Crippen LogP contribution in [-0.4, -0.2) is 48.4 Å². The number of hydrogen-bond donors (Lipinski definition) is 1. The fourth-order valence-corrected chi connectivity index (χ4v) is 2.56. The zero-order chi connectivity index (χ0) is 12.7. The zero-order valence-corrected chi connectivity index (χ0v) is 11.0. The van der Waals surface area contributed by atoms with Gasteiger partial charge >= 0.3 is 5.51 Å². The fourth-order valence-electron chi connectivity index (χ4n) is 2.11. The monoisotopic (exact) mass is 270 g/mol. The van der Waals surface area contributed by atoms with E-state index in [0.717, 1.165) is 32.5 Å². The Balaban J connectivity index is 2.02. The van der Waals surface area contributed by atoms with E-state index in [1.165, 1.54) is 6.42 Å². The van der Waals surface area contributed by atoms with Gasteiger partial charge in [-0.3, -0.25) is 0 Å². The molecular weight excluding hydrogens is 249 g/mol. The second kappa shape index (κ2) is 7.48. The standard InChI is InChI=1S/C11H21F3N2S/c1-2-6-16-7-3-10(4-8-16)15-5-9-17-11(12,13)14/h10,15H,2-9H2,1H3. The maximum atomic E-state index is 11.9. The normalized spacial score (nSPS) is 19.8. The summed E-state index contributed by atoms with van der Waals surface area (Å²) in [4.78, 5) is 2.42. The summed E-state index contributed by atoms with van der Waals surface area (Å²) >= 11 is 0.0579. The van der Waals surface area contributed by atoms with Crippen LogP contribution in [0.4, 0.5) is 13.2 Å². The molecule has 1 saturated heterocycles. The molecule has 0 radical (unpaired) electrons. The Morgan fingerprint density at radius 3 is 2.47 bits per heavy atom. The number of thioether (sulfide) groups is 1. The summed E-state index contributed by atoms with van der Waals surface area (Å²) in [5.41, 5.74) is -4.09. The van der Waals surface area contributed by atoms with E-state index < -0.39 is 5.51 Å². The summed E-state index contributed by atoms with van der Waals surface area (Å²) < 4.78 is 35.7. The van der Waals surface area contributed by atoms with Crippen LogP contribution in [0.3, 0.4) is 0 Å². The molecule has 0 spiro atoms. The summed E-state index contributed by atoms with van der Waals surface area (Å²) in [7, 11) is 0. The van der Waals surface area contributed by atoms with Crippen LogP contribution in [0.1, 0.15) is 26.2 Å². The first kappa shape index (κ1) is 15.1. The van der Waals surface area contributed by atoms with Gasteiger partial charge in [0, 0.05) is 18.3 Å². The van der Waals surface area contributed by atoms with Crippen molar-refractivity contribution in [2.75, 3.05) is 31.9 Å². The lowest BCUT2D eigenvalue weighted by atomic mass is 10.1. The first-order valence-electron chi connectivity index (χ1n) is 6.17. The van der Waals surface area contributed by atoms with Gasteiger partial charge in [-0.25, -0.2) is 0 Å². The molecule has 6 heteroatoms. The van der Waals surface area contributed by atoms with E-state index in [0.29, 0.717) is 12.6 Å².